The van der Waals surface area contributed by atoms with Crippen molar-refractivity contribution in [2.45, 2.75) is 57.9 Å². The van der Waals surface area contributed by atoms with Gasteiger partial charge in [-0.3, -0.25) is 9.59 Å². The van der Waals surface area contributed by atoms with Gasteiger partial charge in [-0.25, -0.2) is 4.39 Å². The van der Waals surface area contributed by atoms with E-state index in [0.29, 0.717) is 6.42 Å². The van der Waals surface area contributed by atoms with Crippen molar-refractivity contribution in [2.75, 3.05) is 0 Å². The lowest BCUT2D eigenvalue weighted by atomic mass is 10.0. The molecule has 5 heteroatoms. The summed E-state index contributed by atoms with van der Waals surface area (Å²) in [4.78, 5) is 23.4. The van der Waals surface area contributed by atoms with Gasteiger partial charge in [0.05, 0.1) is 0 Å². The number of carbonyl (C=O) groups is 2. The highest BCUT2D eigenvalue weighted by atomic mass is 19.1. The minimum absolute atomic E-state index is 0.189. The number of hydrogen-bond acceptors (Lipinski definition) is 2. The number of hydrogen-bond donors (Lipinski definition) is 2. The summed E-state index contributed by atoms with van der Waals surface area (Å²) in [6, 6.07) is 4.65. The summed E-state index contributed by atoms with van der Waals surface area (Å²) in [6.45, 7) is 2.16. The van der Waals surface area contributed by atoms with Gasteiger partial charge in [-0.1, -0.05) is 51.5 Å². The maximum atomic E-state index is 13.1. The fourth-order valence-corrected chi connectivity index (χ4v) is 2.29. The number of nitrogens with two attached hydrogens (primary N) is 1. The predicted molar refractivity (Wildman–Crippen MR) is 84.8 cm³/mol. The van der Waals surface area contributed by atoms with Crippen molar-refractivity contribution < 1.29 is 14.0 Å². The molecular weight excluding hydrogens is 283 g/mol. The van der Waals surface area contributed by atoms with Gasteiger partial charge in [-0.05, 0) is 24.6 Å². The second-order valence-corrected chi connectivity index (χ2v) is 5.50. The summed E-state index contributed by atoms with van der Waals surface area (Å²) in [5.41, 5.74) is 5.52. The highest BCUT2D eigenvalue weighted by Gasteiger charge is 2.18. The summed E-state index contributed by atoms with van der Waals surface area (Å²) in [5.74, 6) is -1.52. The Labute approximate surface area is 131 Å². The van der Waals surface area contributed by atoms with Gasteiger partial charge in [0, 0.05) is 5.56 Å². The van der Waals surface area contributed by atoms with Crippen molar-refractivity contribution in [3.8, 4) is 0 Å². The van der Waals surface area contributed by atoms with Crippen LogP contribution in [-0.4, -0.2) is 17.9 Å². The summed E-state index contributed by atoms with van der Waals surface area (Å²) >= 11 is 0. The number of benzene rings is 1. The second-order valence-electron chi connectivity index (χ2n) is 5.50. The lowest BCUT2D eigenvalue weighted by molar-refractivity contribution is -0.120. The van der Waals surface area contributed by atoms with Gasteiger partial charge in [0.1, 0.15) is 11.9 Å². The van der Waals surface area contributed by atoms with Crippen LogP contribution in [0.2, 0.25) is 0 Å². The van der Waals surface area contributed by atoms with E-state index in [9.17, 15) is 14.0 Å². The average molecular weight is 308 g/mol. The predicted octanol–water partition coefficient (Wildman–Crippen LogP) is 3.16. The molecule has 0 aliphatic carbocycles. The van der Waals surface area contributed by atoms with E-state index in [4.69, 9.17) is 5.73 Å². The number of carbonyl (C=O) groups excluding carboxylic acids is 2. The summed E-state index contributed by atoms with van der Waals surface area (Å²) in [6.07, 6.45) is 7.08. The molecule has 0 aliphatic rings. The van der Waals surface area contributed by atoms with Crippen molar-refractivity contribution in [3.63, 3.8) is 0 Å². The molecule has 0 saturated heterocycles. The molecule has 2 amide bonds. The summed E-state index contributed by atoms with van der Waals surface area (Å²) in [5, 5.41) is 2.58. The van der Waals surface area contributed by atoms with Crippen LogP contribution in [0.1, 0.15) is 62.2 Å². The number of primary amides is 1. The van der Waals surface area contributed by atoms with Crippen LogP contribution >= 0.6 is 0 Å². The van der Waals surface area contributed by atoms with Crippen LogP contribution < -0.4 is 11.1 Å². The first kappa shape index (κ1) is 18.1. The largest absolute Gasteiger partial charge is 0.368 e. The molecule has 0 fully saturated rings. The quantitative estimate of drug-likeness (QED) is 0.652. The molecular formula is C17H25FN2O2. The Bertz CT molecular complexity index is 491. The number of rotatable bonds is 10. The SMILES string of the molecule is CCCCCCCC[C@H](NC(=O)c1cccc(F)c1)C(N)=O. The van der Waals surface area contributed by atoms with Crippen molar-refractivity contribution in [1.82, 2.24) is 5.32 Å². The number of halogens is 1. The smallest absolute Gasteiger partial charge is 0.252 e. The maximum Gasteiger partial charge on any atom is 0.252 e. The molecule has 122 valence electrons. The first-order valence-corrected chi connectivity index (χ1v) is 7.90. The molecule has 0 spiro atoms. The Balaban J connectivity index is 2.43. The van der Waals surface area contributed by atoms with Crippen LogP contribution in [0.3, 0.4) is 0 Å². The summed E-state index contributed by atoms with van der Waals surface area (Å²) < 4.78 is 13.1. The highest BCUT2D eigenvalue weighted by Crippen LogP contribution is 2.10. The molecule has 0 unspecified atom stereocenters. The molecule has 1 rings (SSSR count). The van der Waals surface area contributed by atoms with E-state index < -0.39 is 23.7 Å². The first-order valence-electron chi connectivity index (χ1n) is 7.90. The Morgan fingerprint density at radius 2 is 1.86 bits per heavy atom. The molecule has 3 N–H and O–H groups in total. The second kappa shape index (κ2) is 9.92. The zero-order valence-electron chi connectivity index (χ0n) is 13.1. The van der Waals surface area contributed by atoms with Gasteiger partial charge in [-0.15, -0.1) is 0 Å². The van der Waals surface area contributed by atoms with Gasteiger partial charge in [0.15, 0.2) is 0 Å². The topological polar surface area (TPSA) is 72.2 Å². The molecule has 0 bridgehead atoms. The molecule has 1 aromatic rings. The monoisotopic (exact) mass is 308 g/mol. The van der Waals surface area contributed by atoms with E-state index in [0.717, 1.165) is 25.3 Å². The van der Waals surface area contributed by atoms with Crippen molar-refractivity contribution in [2.24, 2.45) is 5.73 Å². The standard InChI is InChI=1S/C17H25FN2O2/c1-2-3-4-5-6-7-11-15(16(19)21)20-17(22)13-9-8-10-14(18)12-13/h8-10,12,15H,2-7,11H2,1H3,(H2,19,21)(H,20,22)/t15-/m0/s1. The van der Waals surface area contributed by atoms with Crippen LogP contribution in [0, 0.1) is 5.82 Å². The van der Waals surface area contributed by atoms with E-state index in [2.05, 4.69) is 12.2 Å². The number of amides is 2. The first-order chi connectivity index (χ1) is 10.5. The number of unbranched alkanes of at least 4 members (excludes halogenated alkanes) is 5. The third-order valence-electron chi connectivity index (χ3n) is 3.58. The lowest BCUT2D eigenvalue weighted by Crippen LogP contribution is -2.44. The molecule has 0 radical (unpaired) electrons. The van der Waals surface area contributed by atoms with Crippen LogP contribution in [0.25, 0.3) is 0 Å². The zero-order chi connectivity index (χ0) is 16.4. The Morgan fingerprint density at radius 3 is 2.50 bits per heavy atom. The Kier molecular flexibility index (Phi) is 8.18. The molecule has 22 heavy (non-hydrogen) atoms. The molecule has 0 aliphatic heterocycles. The zero-order valence-corrected chi connectivity index (χ0v) is 13.1. The van der Waals surface area contributed by atoms with Crippen LogP contribution in [-0.2, 0) is 4.79 Å². The highest BCUT2D eigenvalue weighted by molar-refractivity contribution is 5.97. The van der Waals surface area contributed by atoms with Crippen molar-refractivity contribution in [3.05, 3.63) is 35.6 Å². The van der Waals surface area contributed by atoms with Gasteiger partial charge in [0.25, 0.3) is 5.91 Å². The fraction of sp³-hybridized carbons (Fsp3) is 0.529. The van der Waals surface area contributed by atoms with Gasteiger partial charge < -0.3 is 11.1 Å². The van der Waals surface area contributed by atoms with Gasteiger partial charge in [-0.2, -0.15) is 0 Å². The third-order valence-corrected chi connectivity index (χ3v) is 3.58. The van der Waals surface area contributed by atoms with E-state index in [-0.39, 0.29) is 5.56 Å². The molecule has 0 saturated carbocycles. The molecule has 0 aromatic heterocycles. The van der Waals surface area contributed by atoms with Gasteiger partial charge in [0.2, 0.25) is 5.91 Å². The minimum Gasteiger partial charge on any atom is -0.368 e. The van der Waals surface area contributed by atoms with Crippen molar-refractivity contribution in [1.29, 1.82) is 0 Å². The average Bonchev–Trinajstić information content (AvgIpc) is 2.49. The van der Waals surface area contributed by atoms with E-state index in [1.165, 1.54) is 37.5 Å². The Morgan fingerprint density at radius 1 is 1.18 bits per heavy atom. The van der Waals surface area contributed by atoms with Gasteiger partial charge >= 0.3 is 0 Å². The normalized spacial score (nSPS) is 11.9. The van der Waals surface area contributed by atoms with E-state index in [1.807, 2.05) is 0 Å². The molecule has 0 heterocycles. The van der Waals surface area contributed by atoms with Crippen molar-refractivity contribution >= 4 is 11.8 Å². The maximum absolute atomic E-state index is 13.1. The third kappa shape index (κ3) is 6.70. The van der Waals surface area contributed by atoms with Crippen LogP contribution in [0.4, 0.5) is 4.39 Å². The lowest BCUT2D eigenvalue weighted by Gasteiger charge is -2.15. The summed E-state index contributed by atoms with van der Waals surface area (Å²) in [7, 11) is 0. The molecule has 4 nitrogen and oxygen atoms in total. The van der Waals surface area contributed by atoms with Crippen LogP contribution in [0.15, 0.2) is 24.3 Å². The Hall–Kier alpha value is -1.91. The fourth-order valence-electron chi connectivity index (χ4n) is 2.29. The molecule has 1 atom stereocenters. The van der Waals surface area contributed by atoms with E-state index >= 15 is 0 Å². The van der Waals surface area contributed by atoms with Crippen LogP contribution in [0.5, 0.6) is 0 Å². The molecule has 1 aromatic carbocycles. The van der Waals surface area contributed by atoms with E-state index in [1.54, 1.807) is 0 Å². The number of nitrogens with one attached hydrogen (secondary N) is 1. The minimum atomic E-state index is -0.707.